The first-order valence-corrected chi connectivity index (χ1v) is 12.0. The molecule has 3 heterocycles. The van der Waals surface area contributed by atoms with Gasteiger partial charge in [-0.05, 0) is 55.2 Å². The minimum Gasteiger partial charge on any atom is -0.497 e. The van der Waals surface area contributed by atoms with E-state index in [1.165, 1.54) is 0 Å². The van der Waals surface area contributed by atoms with Gasteiger partial charge in [0.05, 0.1) is 32.3 Å². The molecule has 0 bridgehead atoms. The summed E-state index contributed by atoms with van der Waals surface area (Å²) in [5.74, 6) is 0.615. The monoisotopic (exact) mass is 474 g/mol. The number of nitrogens with one attached hydrogen (secondary N) is 1. The summed E-state index contributed by atoms with van der Waals surface area (Å²) in [6.07, 6.45) is 2.89. The lowest BCUT2D eigenvalue weighted by atomic mass is 9.95. The molecule has 2 aliphatic heterocycles. The third-order valence-corrected chi connectivity index (χ3v) is 6.86. The number of piperidine rings is 1. The molecule has 1 atom stereocenters. The quantitative estimate of drug-likeness (QED) is 0.605. The number of fused-ring (bicyclic) bond motifs is 1. The van der Waals surface area contributed by atoms with Crippen molar-refractivity contribution in [1.82, 2.24) is 14.5 Å². The molecule has 3 aromatic rings. The van der Waals surface area contributed by atoms with Crippen LogP contribution in [0.25, 0.3) is 0 Å². The van der Waals surface area contributed by atoms with Gasteiger partial charge in [0.25, 0.3) is 5.91 Å². The second-order valence-corrected chi connectivity index (χ2v) is 9.19. The SMILES string of the molecule is COc1ccc(C2Cn3cnc(C(=O)N4CCC(C(=O)Nc5cccc(C)c5)CC4)c3CO2)cc1. The maximum atomic E-state index is 13.2. The number of methoxy groups -OCH3 is 1. The predicted octanol–water partition coefficient (Wildman–Crippen LogP) is 3.96. The number of likely N-dealkylation sites (tertiary alicyclic amines) is 1. The van der Waals surface area contributed by atoms with Crippen LogP contribution in [0, 0.1) is 12.8 Å². The van der Waals surface area contributed by atoms with Crippen molar-refractivity contribution >= 4 is 17.5 Å². The van der Waals surface area contributed by atoms with E-state index >= 15 is 0 Å². The van der Waals surface area contributed by atoms with E-state index in [-0.39, 0.29) is 23.8 Å². The number of anilines is 1. The van der Waals surface area contributed by atoms with Crippen molar-refractivity contribution in [2.24, 2.45) is 5.92 Å². The number of benzene rings is 2. The minimum atomic E-state index is -0.107. The van der Waals surface area contributed by atoms with Crippen LogP contribution in [0.15, 0.2) is 54.9 Å². The Morgan fingerprint density at radius 3 is 2.60 bits per heavy atom. The van der Waals surface area contributed by atoms with Crippen LogP contribution >= 0.6 is 0 Å². The van der Waals surface area contributed by atoms with Gasteiger partial charge in [-0.15, -0.1) is 0 Å². The molecule has 1 aromatic heterocycles. The summed E-state index contributed by atoms with van der Waals surface area (Å²) in [6, 6.07) is 15.6. The van der Waals surface area contributed by atoms with Gasteiger partial charge < -0.3 is 24.3 Å². The van der Waals surface area contributed by atoms with E-state index in [0.29, 0.717) is 44.8 Å². The smallest absolute Gasteiger partial charge is 0.274 e. The van der Waals surface area contributed by atoms with E-state index in [9.17, 15) is 9.59 Å². The lowest BCUT2D eigenvalue weighted by Gasteiger charge is -2.31. The number of hydrogen-bond donors (Lipinski definition) is 1. The zero-order chi connectivity index (χ0) is 24.4. The molecule has 0 aliphatic carbocycles. The van der Waals surface area contributed by atoms with Crippen LogP contribution in [0.1, 0.15) is 46.3 Å². The normalized spacial score (nSPS) is 18.1. The molecule has 182 valence electrons. The van der Waals surface area contributed by atoms with Crippen molar-refractivity contribution in [3.8, 4) is 5.75 Å². The Morgan fingerprint density at radius 1 is 1.11 bits per heavy atom. The summed E-state index contributed by atoms with van der Waals surface area (Å²) in [6.45, 7) is 3.99. The molecular weight excluding hydrogens is 444 g/mol. The van der Waals surface area contributed by atoms with Gasteiger partial charge in [0.15, 0.2) is 5.69 Å². The number of hydrogen-bond acceptors (Lipinski definition) is 5. The Kier molecular flexibility index (Phi) is 6.55. The number of imidazole rings is 1. The Labute approximate surface area is 204 Å². The van der Waals surface area contributed by atoms with Gasteiger partial charge in [0.2, 0.25) is 5.91 Å². The molecule has 1 unspecified atom stereocenters. The molecule has 35 heavy (non-hydrogen) atoms. The second-order valence-electron chi connectivity index (χ2n) is 9.19. The van der Waals surface area contributed by atoms with Crippen molar-refractivity contribution in [3.05, 3.63) is 77.4 Å². The van der Waals surface area contributed by atoms with Crippen molar-refractivity contribution in [3.63, 3.8) is 0 Å². The zero-order valence-electron chi connectivity index (χ0n) is 20.1. The van der Waals surface area contributed by atoms with Crippen molar-refractivity contribution in [2.75, 3.05) is 25.5 Å². The van der Waals surface area contributed by atoms with Crippen LogP contribution in [0.2, 0.25) is 0 Å². The number of rotatable bonds is 5. The fourth-order valence-corrected chi connectivity index (χ4v) is 4.79. The number of carbonyl (C=O) groups excluding carboxylic acids is 2. The highest BCUT2D eigenvalue weighted by Crippen LogP contribution is 2.30. The summed E-state index contributed by atoms with van der Waals surface area (Å²) < 4.78 is 13.3. The first-order chi connectivity index (χ1) is 17.0. The van der Waals surface area contributed by atoms with Crippen LogP contribution < -0.4 is 10.1 Å². The molecule has 2 aromatic carbocycles. The van der Waals surface area contributed by atoms with Gasteiger partial charge in [-0.1, -0.05) is 24.3 Å². The zero-order valence-corrected chi connectivity index (χ0v) is 20.1. The standard InChI is InChI=1S/C27H30N4O4/c1-18-4-3-5-21(14-18)29-26(32)20-10-12-30(13-11-20)27(33)25-23-16-35-24(15-31(23)17-28-25)19-6-8-22(34-2)9-7-19/h3-9,14,17,20,24H,10-13,15-16H2,1-2H3,(H,29,32). The van der Waals surface area contributed by atoms with E-state index in [1.54, 1.807) is 18.3 Å². The van der Waals surface area contributed by atoms with Crippen molar-refractivity contribution < 1.29 is 19.1 Å². The molecule has 1 saturated heterocycles. The highest BCUT2D eigenvalue weighted by atomic mass is 16.5. The first-order valence-electron chi connectivity index (χ1n) is 12.0. The lowest BCUT2D eigenvalue weighted by molar-refractivity contribution is -0.121. The largest absolute Gasteiger partial charge is 0.497 e. The van der Waals surface area contributed by atoms with E-state index in [0.717, 1.165) is 28.3 Å². The highest BCUT2D eigenvalue weighted by Gasteiger charge is 2.32. The average Bonchev–Trinajstić information content (AvgIpc) is 3.32. The molecule has 8 nitrogen and oxygen atoms in total. The molecule has 0 spiro atoms. The predicted molar refractivity (Wildman–Crippen MR) is 131 cm³/mol. The molecular formula is C27H30N4O4. The van der Waals surface area contributed by atoms with E-state index in [2.05, 4.69) is 10.3 Å². The van der Waals surface area contributed by atoms with Gasteiger partial charge in [0, 0.05) is 24.7 Å². The summed E-state index contributed by atoms with van der Waals surface area (Å²) in [7, 11) is 1.64. The summed E-state index contributed by atoms with van der Waals surface area (Å²) in [4.78, 5) is 32.2. The highest BCUT2D eigenvalue weighted by molar-refractivity contribution is 5.95. The average molecular weight is 475 g/mol. The maximum absolute atomic E-state index is 13.2. The van der Waals surface area contributed by atoms with E-state index in [1.807, 2.05) is 60.0 Å². The number of carbonyl (C=O) groups is 2. The second kappa shape index (κ2) is 9.92. The van der Waals surface area contributed by atoms with Crippen LogP contribution in [0.3, 0.4) is 0 Å². The molecule has 5 rings (SSSR count). The van der Waals surface area contributed by atoms with Crippen molar-refractivity contribution in [1.29, 1.82) is 0 Å². The summed E-state index contributed by atoms with van der Waals surface area (Å²) in [5, 5.41) is 3.01. The van der Waals surface area contributed by atoms with Crippen molar-refractivity contribution in [2.45, 2.75) is 39.0 Å². The fourth-order valence-electron chi connectivity index (χ4n) is 4.79. The number of aryl methyl sites for hydroxylation is 1. The van der Waals surface area contributed by atoms with Crippen LogP contribution in [0.4, 0.5) is 5.69 Å². The number of amides is 2. The van der Waals surface area contributed by atoms with Crippen LogP contribution in [-0.2, 0) is 22.7 Å². The topological polar surface area (TPSA) is 85.7 Å². The van der Waals surface area contributed by atoms with Gasteiger partial charge in [0.1, 0.15) is 11.9 Å². The van der Waals surface area contributed by atoms with Gasteiger partial charge >= 0.3 is 0 Å². The third-order valence-electron chi connectivity index (χ3n) is 6.86. The molecule has 2 amide bonds. The van der Waals surface area contributed by atoms with Crippen LogP contribution in [-0.4, -0.2) is 46.5 Å². The lowest BCUT2D eigenvalue weighted by Crippen LogP contribution is -2.42. The van der Waals surface area contributed by atoms with Gasteiger partial charge in [-0.25, -0.2) is 4.98 Å². The summed E-state index contributed by atoms with van der Waals surface area (Å²) >= 11 is 0. The number of aromatic nitrogens is 2. The maximum Gasteiger partial charge on any atom is 0.274 e. The Morgan fingerprint density at radius 2 is 1.89 bits per heavy atom. The first kappa shape index (κ1) is 23.1. The minimum absolute atomic E-state index is 0.0139. The Bertz CT molecular complexity index is 1210. The number of nitrogens with zero attached hydrogens (tertiary/aromatic N) is 3. The van der Waals surface area contributed by atoms with Crippen LogP contribution in [0.5, 0.6) is 5.75 Å². The molecule has 1 fully saturated rings. The Balaban J connectivity index is 1.18. The van der Waals surface area contributed by atoms with E-state index in [4.69, 9.17) is 9.47 Å². The molecule has 2 aliphatic rings. The van der Waals surface area contributed by atoms with Gasteiger partial charge in [-0.3, -0.25) is 9.59 Å². The number of ether oxygens (including phenoxy) is 2. The van der Waals surface area contributed by atoms with Gasteiger partial charge in [-0.2, -0.15) is 0 Å². The molecule has 0 radical (unpaired) electrons. The summed E-state index contributed by atoms with van der Waals surface area (Å²) in [5.41, 5.74) is 4.22. The third kappa shape index (κ3) is 4.93. The fraction of sp³-hybridized carbons (Fsp3) is 0.370. The molecule has 1 N–H and O–H groups in total. The molecule has 8 heteroatoms. The Hall–Kier alpha value is -3.65. The molecule has 0 saturated carbocycles. The van der Waals surface area contributed by atoms with E-state index < -0.39 is 0 Å².